The van der Waals surface area contributed by atoms with E-state index in [-0.39, 0.29) is 33.0 Å². The normalized spacial score (nSPS) is 18.9. The number of anilines is 1. The van der Waals surface area contributed by atoms with Gasteiger partial charge < -0.3 is 5.32 Å². The summed E-state index contributed by atoms with van der Waals surface area (Å²) < 4.78 is 3.39. The molecule has 0 amide bonds. The third-order valence-corrected chi connectivity index (χ3v) is 6.60. The van der Waals surface area contributed by atoms with Crippen LogP contribution in [0.3, 0.4) is 0 Å². The molecule has 4 rings (SSSR count). The van der Waals surface area contributed by atoms with Crippen molar-refractivity contribution in [1.29, 1.82) is 0 Å². The van der Waals surface area contributed by atoms with Crippen LogP contribution in [0, 0.1) is 23.7 Å². The van der Waals surface area contributed by atoms with Crippen molar-refractivity contribution in [2.24, 2.45) is 16.7 Å². The highest BCUT2D eigenvalue weighted by Gasteiger charge is 2.42. The van der Waals surface area contributed by atoms with Crippen LogP contribution >= 0.6 is 0 Å². The predicted octanol–water partition coefficient (Wildman–Crippen LogP) is 3.90. The van der Waals surface area contributed by atoms with Crippen LogP contribution < -0.4 is 16.7 Å². The molecule has 0 aromatic carbocycles. The first-order chi connectivity index (χ1) is 16.2. The van der Waals surface area contributed by atoms with E-state index in [0.29, 0.717) is 23.7 Å². The summed E-state index contributed by atoms with van der Waals surface area (Å²) in [5, 5.41) is 8.80. The first-order valence-electron chi connectivity index (χ1n) is 12.5. The highest BCUT2D eigenvalue weighted by atomic mass is 16.2. The minimum atomic E-state index is -0.388. The highest BCUT2D eigenvalue weighted by molar-refractivity contribution is 5.38. The van der Waals surface area contributed by atoms with E-state index in [9.17, 15) is 9.59 Å². The summed E-state index contributed by atoms with van der Waals surface area (Å²) in [6.45, 7) is 28.7. The van der Waals surface area contributed by atoms with Crippen molar-refractivity contribution >= 4 is 11.7 Å². The van der Waals surface area contributed by atoms with Gasteiger partial charge in [-0.1, -0.05) is 62.3 Å². The maximum absolute atomic E-state index is 11.3. The maximum Gasteiger partial charge on any atom is 0.363 e. The largest absolute Gasteiger partial charge is 0.363 e. The van der Waals surface area contributed by atoms with Gasteiger partial charge in [-0.3, -0.25) is 4.68 Å². The van der Waals surface area contributed by atoms with Crippen LogP contribution in [0.1, 0.15) is 87.4 Å². The third kappa shape index (κ3) is 5.84. The van der Waals surface area contributed by atoms with Crippen LogP contribution in [-0.4, -0.2) is 40.4 Å². The second-order valence-electron chi connectivity index (χ2n) is 13.8. The molecule has 3 aromatic rings. The first-order valence-corrected chi connectivity index (χ1v) is 12.5. The molecular formula is C26H43N8O2+. The number of aromatic amines is 2. The minimum absolute atomic E-state index is 0.123. The average molecular weight is 500 g/mol. The zero-order chi connectivity index (χ0) is 27.4. The van der Waals surface area contributed by atoms with Crippen molar-refractivity contribution in [3.05, 3.63) is 45.3 Å². The molecule has 0 radical (unpaired) electrons. The molecule has 2 atom stereocenters. The van der Waals surface area contributed by atoms with Crippen molar-refractivity contribution in [3.8, 4) is 0 Å². The van der Waals surface area contributed by atoms with Crippen LogP contribution in [0.2, 0.25) is 0 Å². The van der Waals surface area contributed by atoms with Gasteiger partial charge in [-0.05, 0) is 24.7 Å². The Labute approximate surface area is 213 Å². The summed E-state index contributed by atoms with van der Waals surface area (Å²) >= 11 is 0. The predicted molar refractivity (Wildman–Crippen MR) is 143 cm³/mol. The average Bonchev–Trinajstić information content (AvgIpc) is 3.23. The molecule has 0 fully saturated rings. The Balaban J connectivity index is 0.000000201. The number of hydrogen-bond donors (Lipinski definition) is 3. The molecule has 4 heterocycles. The van der Waals surface area contributed by atoms with Gasteiger partial charge in [0.05, 0.1) is 12.6 Å². The van der Waals surface area contributed by atoms with Crippen molar-refractivity contribution < 1.29 is 0 Å². The van der Waals surface area contributed by atoms with Gasteiger partial charge in [0.25, 0.3) is 5.78 Å². The second-order valence-corrected chi connectivity index (χ2v) is 13.8. The maximum atomic E-state index is 11.3. The number of aromatic nitrogens is 7. The molecule has 198 valence electrons. The lowest BCUT2D eigenvalue weighted by atomic mass is 9.67. The fourth-order valence-electron chi connectivity index (χ4n) is 4.64. The van der Waals surface area contributed by atoms with Crippen LogP contribution in [-0.2, 0) is 17.4 Å². The Hall–Kier alpha value is -3.04. The fourth-order valence-corrected chi connectivity index (χ4v) is 4.64. The lowest BCUT2D eigenvalue weighted by molar-refractivity contribution is 0.109. The molecular weight excluding hydrogens is 456 g/mol. The number of hydrogen-bond acceptors (Lipinski definition) is 6. The molecule has 36 heavy (non-hydrogen) atoms. The Kier molecular flexibility index (Phi) is 6.74. The summed E-state index contributed by atoms with van der Waals surface area (Å²) in [5.41, 5.74) is 1.15. The van der Waals surface area contributed by atoms with Gasteiger partial charge in [0, 0.05) is 35.7 Å². The molecule has 0 saturated carbocycles. The van der Waals surface area contributed by atoms with Gasteiger partial charge in [0.1, 0.15) is 5.41 Å². The molecule has 0 bridgehead atoms. The summed E-state index contributed by atoms with van der Waals surface area (Å²) in [5.74, 6) is 1.51. The summed E-state index contributed by atoms with van der Waals surface area (Å²) in [7, 11) is 0. The van der Waals surface area contributed by atoms with Gasteiger partial charge in [0.2, 0.25) is 5.95 Å². The van der Waals surface area contributed by atoms with Crippen molar-refractivity contribution in [2.45, 2.75) is 99.6 Å². The van der Waals surface area contributed by atoms with Crippen LogP contribution in [0.15, 0.2) is 15.8 Å². The van der Waals surface area contributed by atoms with E-state index >= 15 is 0 Å². The first kappa shape index (κ1) is 27.5. The van der Waals surface area contributed by atoms with E-state index in [0.717, 1.165) is 17.8 Å². The van der Waals surface area contributed by atoms with Crippen LogP contribution in [0.5, 0.6) is 0 Å². The molecule has 3 aromatic heterocycles. The van der Waals surface area contributed by atoms with E-state index in [1.807, 2.05) is 24.7 Å². The summed E-state index contributed by atoms with van der Waals surface area (Å²) in [6.07, 6.45) is 1.87. The second kappa shape index (κ2) is 8.81. The van der Waals surface area contributed by atoms with Crippen LogP contribution in [0.4, 0.5) is 5.95 Å². The third-order valence-electron chi connectivity index (χ3n) is 6.60. The van der Waals surface area contributed by atoms with Crippen LogP contribution in [0.25, 0.3) is 5.78 Å². The molecule has 2 unspecified atom stereocenters. The monoisotopic (exact) mass is 499 g/mol. The molecule has 0 saturated heterocycles. The molecule has 3 N–H and O–H groups in total. The molecule has 1 aliphatic rings. The molecule has 10 nitrogen and oxygen atoms in total. The Morgan fingerprint density at radius 1 is 0.861 bits per heavy atom. The van der Waals surface area contributed by atoms with Gasteiger partial charge in [-0.15, -0.1) is 0 Å². The lowest BCUT2D eigenvalue weighted by Crippen LogP contribution is -2.51. The quantitative estimate of drug-likeness (QED) is 0.436. The van der Waals surface area contributed by atoms with Gasteiger partial charge in [-0.25, -0.2) is 29.3 Å². The number of H-pyrrole nitrogens is 2. The van der Waals surface area contributed by atoms with Crippen molar-refractivity contribution in [3.63, 3.8) is 0 Å². The van der Waals surface area contributed by atoms with Crippen molar-refractivity contribution in [1.82, 2.24) is 34.3 Å². The zero-order valence-electron chi connectivity index (χ0n) is 23.7. The molecule has 1 aliphatic heterocycles. The minimum Gasteiger partial charge on any atom is -0.351 e. The SMILES string of the molecule is CC(C)(C)C1Cn2[nH]c(=O)nc2NC1C(C)(C)C.[CH2+]C(C)(C)c1cn2[nH]c(=O)nc2nc1C(C)(C)C. The summed E-state index contributed by atoms with van der Waals surface area (Å²) in [4.78, 5) is 34.9. The van der Waals surface area contributed by atoms with E-state index in [4.69, 9.17) is 0 Å². The van der Waals surface area contributed by atoms with Gasteiger partial charge >= 0.3 is 11.4 Å². The fraction of sp³-hybridized carbons (Fsp3) is 0.692. The Morgan fingerprint density at radius 3 is 1.94 bits per heavy atom. The van der Waals surface area contributed by atoms with Gasteiger partial charge in [-0.2, -0.15) is 9.97 Å². The molecule has 10 heteroatoms. The smallest absolute Gasteiger partial charge is 0.351 e. The standard InChI is InChI=1S/C13H24N4O.C13H18N4O/c2*1-12(2,3)8-7-17-10(15-11(18)16-17)14-9(8)13(4,5)6/h8-9H,7H2,1-6H3,(H2,14,15,16,18);7H,1H2,2-6H3/p+1. The number of nitrogens with one attached hydrogen (secondary N) is 3. The number of nitrogens with zero attached hydrogens (tertiary/aromatic N) is 5. The Morgan fingerprint density at radius 2 is 1.44 bits per heavy atom. The van der Waals surface area contributed by atoms with Gasteiger partial charge in [0.15, 0.2) is 0 Å². The number of fused-ring (bicyclic) bond motifs is 2. The number of rotatable bonds is 1. The molecule has 0 spiro atoms. The van der Waals surface area contributed by atoms with E-state index < -0.39 is 0 Å². The summed E-state index contributed by atoms with van der Waals surface area (Å²) in [6, 6.07) is 0.306. The highest BCUT2D eigenvalue weighted by Crippen LogP contribution is 2.41. The van der Waals surface area contributed by atoms with E-state index in [1.165, 1.54) is 0 Å². The lowest BCUT2D eigenvalue weighted by Gasteiger charge is -2.46. The topological polar surface area (TPSA) is 126 Å². The van der Waals surface area contributed by atoms with E-state index in [2.05, 4.69) is 99.7 Å². The molecule has 0 aliphatic carbocycles. The Bertz CT molecular complexity index is 1230. The van der Waals surface area contributed by atoms with Crippen molar-refractivity contribution in [2.75, 3.05) is 5.32 Å². The van der Waals surface area contributed by atoms with E-state index in [1.54, 1.807) is 4.52 Å². The zero-order valence-corrected chi connectivity index (χ0v) is 23.7.